The van der Waals surface area contributed by atoms with E-state index in [1.165, 1.54) is 12.1 Å². The molecule has 35 heavy (non-hydrogen) atoms. The van der Waals surface area contributed by atoms with Crippen molar-refractivity contribution in [3.05, 3.63) is 47.2 Å². The highest BCUT2D eigenvalue weighted by Gasteiger charge is 3.12. The van der Waals surface area contributed by atoms with Gasteiger partial charge in [-0.2, -0.15) is 0 Å². The third kappa shape index (κ3) is 1.61. The largest absolute Gasteiger partial charge is 0.586 e. The number of carbonyl (C=O) groups excluding carboxylic acids is 1. The third-order valence-electron chi connectivity index (χ3n) is 10.8. The van der Waals surface area contributed by atoms with E-state index in [0.717, 1.165) is 11.3 Å². The number of anilines is 1. The van der Waals surface area contributed by atoms with Crippen LogP contribution in [0.3, 0.4) is 0 Å². The molecule has 7 aliphatic carbocycles. The van der Waals surface area contributed by atoms with Gasteiger partial charge in [-0.25, -0.2) is 4.98 Å². The van der Waals surface area contributed by atoms with Crippen molar-refractivity contribution in [2.24, 2.45) is 40.9 Å². The van der Waals surface area contributed by atoms with Gasteiger partial charge < -0.3 is 19.9 Å². The zero-order chi connectivity index (χ0) is 23.9. The first-order valence-corrected chi connectivity index (χ1v) is 12.1. The average molecular weight is 478 g/mol. The van der Waals surface area contributed by atoms with Crippen LogP contribution in [0.5, 0.6) is 11.5 Å². The van der Waals surface area contributed by atoms with E-state index in [9.17, 15) is 23.5 Å². The lowest BCUT2D eigenvalue weighted by molar-refractivity contribution is -0.614. The molecule has 1 aliphatic heterocycles. The number of carboxylic acids is 1. The van der Waals surface area contributed by atoms with E-state index in [0.29, 0.717) is 47.9 Å². The van der Waals surface area contributed by atoms with E-state index in [2.05, 4.69) is 14.8 Å². The summed E-state index contributed by atoms with van der Waals surface area (Å²) in [5, 5.41) is 12.9. The van der Waals surface area contributed by atoms with Gasteiger partial charge in [-0.3, -0.25) is 9.59 Å². The van der Waals surface area contributed by atoms with Crippen molar-refractivity contribution in [3.8, 4) is 11.5 Å². The van der Waals surface area contributed by atoms with Crippen LogP contribution in [0.1, 0.15) is 29.7 Å². The van der Waals surface area contributed by atoms with Crippen LogP contribution in [0.15, 0.2) is 30.3 Å². The highest BCUT2D eigenvalue weighted by molar-refractivity contribution is 6.01. The van der Waals surface area contributed by atoms with Crippen LogP contribution in [-0.2, 0) is 20.4 Å². The first-order valence-electron chi connectivity index (χ1n) is 12.1. The van der Waals surface area contributed by atoms with Crippen molar-refractivity contribution in [1.82, 2.24) is 4.98 Å². The number of amides is 1. The van der Waals surface area contributed by atoms with Gasteiger partial charge in [0.15, 0.2) is 11.5 Å². The fourth-order valence-electron chi connectivity index (χ4n) is 9.78. The summed E-state index contributed by atoms with van der Waals surface area (Å²) in [5.41, 5.74) is 1.15. The smallest absolute Gasteiger partial charge is 0.481 e. The molecule has 8 aliphatic rings. The van der Waals surface area contributed by atoms with Gasteiger partial charge >= 0.3 is 12.3 Å². The maximum Gasteiger partial charge on any atom is 0.586 e. The molecule has 0 spiro atoms. The number of aromatic nitrogens is 1. The summed E-state index contributed by atoms with van der Waals surface area (Å²) in [7, 11) is 0. The number of pyridine rings is 1. The Morgan fingerprint density at radius 3 is 2.46 bits per heavy atom. The number of aryl methyl sites for hydroxylation is 1. The zero-order valence-electron chi connectivity index (χ0n) is 18.5. The topological polar surface area (TPSA) is 97.8 Å². The molecule has 1 aromatic heterocycles. The summed E-state index contributed by atoms with van der Waals surface area (Å²) in [6.45, 7) is 2.01. The van der Waals surface area contributed by atoms with E-state index >= 15 is 0 Å². The molecule has 2 N–H and O–H groups in total. The van der Waals surface area contributed by atoms with Crippen LogP contribution < -0.4 is 14.8 Å². The van der Waals surface area contributed by atoms with E-state index in [1.807, 2.05) is 13.0 Å². The van der Waals surface area contributed by atoms with Gasteiger partial charge in [-0.15, -0.1) is 8.78 Å². The second kappa shape index (κ2) is 5.01. The normalized spacial score (nSPS) is 43.4. The van der Waals surface area contributed by atoms with Crippen molar-refractivity contribution in [2.45, 2.75) is 36.9 Å². The van der Waals surface area contributed by atoms with Crippen molar-refractivity contribution in [1.29, 1.82) is 0 Å². The second-order valence-corrected chi connectivity index (χ2v) is 11.6. The number of rotatable bonds is 5. The van der Waals surface area contributed by atoms with Crippen LogP contribution in [-0.4, -0.2) is 28.3 Å². The Bertz CT molecular complexity index is 1430. The molecule has 2 heterocycles. The minimum atomic E-state index is -3.70. The van der Waals surface area contributed by atoms with Crippen molar-refractivity contribution in [2.75, 3.05) is 5.32 Å². The number of ether oxygens (including phenoxy) is 2. The number of hydrogen-bond donors (Lipinski definition) is 2. The van der Waals surface area contributed by atoms with Gasteiger partial charge in [0, 0.05) is 5.41 Å². The van der Waals surface area contributed by atoms with E-state index < -0.39 is 23.1 Å². The van der Waals surface area contributed by atoms with E-state index in [-0.39, 0.29) is 34.7 Å². The number of nitrogens with zero attached hydrogens (tertiary/aromatic N) is 1. The lowest BCUT2D eigenvalue weighted by Gasteiger charge is -3.10. The lowest BCUT2D eigenvalue weighted by atomic mass is 8.92. The average Bonchev–Trinajstić information content (AvgIpc) is 3.57. The van der Waals surface area contributed by atoms with Gasteiger partial charge in [-0.05, 0) is 84.6 Å². The predicted octanol–water partition coefficient (Wildman–Crippen LogP) is 3.46. The first-order chi connectivity index (χ1) is 16.7. The van der Waals surface area contributed by atoms with Gasteiger partial charge in [0.25, 0.3) is 0 Å². The predicted molar refractivity (Wildman–Crippen MR) is 114 cm³/mol. The van der Waals surface area contributed by atoms with Crippen LogP contribution in [0.2, 0.25) is 0 Å². The SMILES string of the molecule is Cc1ccc(NC(=O)C2(c3ccc4c(c3)OC(F)(F)O4)CC2)nc1C12C3C4C5C3C1C5(C(=O)O)C42. The minimum absolute atomic E-state index is 0.0488. The molecule has 2 aromatic rings. The summed E-state index contributed by atoms with van der Waals surface area (Å²) < 4.78 is 35.9. The molecule has 7 fully saturated rings. The lowest BCUT2D eigenvalue weighted by Crippen LogP contribution is -3.12. The Morgan fingerprint density at radius 2 is 1.77 bits per heavy atom. The Balaban J connectivity index is 1.01. The van der Waals surface area contributed by atoms with Gasteiger partial charge in [-0.1, -0.05) is 12.1 Å². The standard InChI is InChI=1S/C26H20F2N2O5/c1-9-2-5-13(29-20(9)24-16-14-17-15(16)19(24)25(17,18(14)24)22(32)33)30-21(31)23(6-7-23)10-3-4-11-12(8-10)35-26(27,28)34-11/h2-5,8,14-19H,6-7H2,1H3,(H,32,33)(H,29,30,31). The first kappa shape index (κ1) is 19.0. The Kier molecular flexibility index (Phi) is 2.72. The molecule has 1 aromatic carbocycles. The summed E-state index contributed by atoms with van der Waals surface area (Å²) in [4.78, 5) is 30.3. The molecule has 10 rings (SSSR count). The molecule has 0 saturated heterocycles. The summed E-state index contributed by atoms with van der Waals surface area (Å²) in [5.74, 6) is 1.88. The molecular formula is C26H20F2N2O5. The molecule has 9 heteroatoms. The molecular weight excluding hydrogens is 458 g/mol. The van der Waals surface area contributed by atoms with Gasteiger partial charge in [0.2, 0.25) is 5.91 Å². The molecule has 178 valence electrons. The number of aliphatic carboxylic acids is 1. The number of carboxylic acid groups (broad SMARTS) is 1. The maximum atomic E-state index is 13.4. The summed E-state index contributed by atoms with van der Waals surface area (Å²) >= 11 is 0. The molecule has 4 unspecified atom stereocenters. The molecule has 7 saturated carbocycles. The Labute approximate surface area is 197 Å². The molecule has 0 bridgehead atoms. The van der Waals surface area contributed by atoms with Crippen LogP contribution in [0, 0.1) is 47.8 Å². The number of carbonyl (C=O) groups is 2. The molecule has 7 nitrogen and oxygen atoms in total. The fraction of sp³-hybridized carbons (Fsp3) is 0.500. The number of nitrogens with one attached hydrogen (secondary N) is 1. The molecule has 0 radical (unpaired) electrons. The van der Waals surface area contributed by atoms with E-state index in [4.69, 9.17) is 4.98 Å². The van der Waals surface area contributed by atoms with Crippen molar-refractivity contribution < 1.29 is 33.0 Å². The number of benzene rings is 1. The molecule has 1 amide bonds. The highest BCUT2D eigenvalue weighted by Crippen LogP contribution is 3.10. The van der Waals surface area contributed by atoms with Crippen LogP contribution in [0.25, 0.3) is 0 Å². The highest BCUT2D eigenvalue weighted by atomic mass is 19.3. The van der Waals surface area contributed by atoms with Gasteiger partial charge in [0.1, 0.15) is 5.82 Å². The third-order valence-corrected chi connectivity index (χ3v) is 10.8. The minimum Gasteiger partial charge on any atom is -0.481 e. The zero-order valence-corrected chi connectivity index (χ0v) is 18.5. The summed E-state index contributed by atoms with van der Waals surface area (Å²) in [6, 6.07) is 8.23. The number of alkyl halides is 2. The number of hydrogen-bond acceptors (Lipinski definition) is 5. The molecule has 4 atom stereocenters. The Hall–Kier alpha value is -3.23. The van der Waals surface area contributed by atoms with E-state index in [1.54, 1.807) is 12.1 Å². The second-order valence-electron chi connectivity index (χ2n) is 11.6. The maximum absolute atomic E-state index is 13.4. The quantitative estimate of drug-likeness (QED) is 0.683. The number of fused-ring (bicyclic) bond motifs is 1. The van der Waals surface area contributed by atoms with Crippen molar-refractivity contribution >= 4 is 17.7 Å². The summed E-state index contributed by atoms with van der Waals surface area (Å²) in [6.07, 6.45) is -2.52. The van der Waals surface area contributed by atoms with Crippen molar-refractivity contribution in [3.63, 3.8) is 0 Å². The number of halogens is 2. The van der Waals surface area contributed by atoms with Crippen LogP contribution >= 0.6 is 0 Å². The monoisotopic (exact) mass is 478 g/mol. The fourth-order valence-corrected chi connectivity index (χ4v) is 9.78. The Morgan fingerprint density at radius 1 is 1.06 bits per heavy atom. The van der Waals surface area contributed by atoms with Gasteiger partial charge in [0.05, 0.1) is 16.5 Å². The van der Waals surface area contributed by atoms with Crippen LogP contribution in [0.4, 0.5) is 14.6 Å².